The molecule has 24 heavy (non-hydrogen) atoms. The van der Waals surface area contributed by atoms with Crippen molar-refractivity contribution in [2.24, 2.45) is 5.92 Å². The van der Waals surface area contributed by atoms with Gasteiger partial charge in [0.15, 0.2) is 0 Å². The molecule has 126 valence electrons. The average Bonchev–Trinajstić information content (AvgIpc) is 3.44. The van der Waals surface area contributed by atoms with Crippen molar-refractivity contribution in [2.45, 2.75) is 30.7 Å². The fourth-order valence-electron chi connectivity index (χ4n) is 2.75. The maximum atomic E-state index is 12.6. The average molecular weight is 342 g/mol. The van der Waals surface area contributed by atoms with Crippen LogP contribution in [0.5, 0.6) is 0 Å². The highest BCUT2D eigenvalue weighted by Crippen LogP contribution is 2.41. The van der Waals surface area contributed by atoms with Gasteiger partial charge in [0.2, 0.25) is 0 Å². The van der Waals surface area contributed by atoms with Crippen LogP contribution in [0.4, 0.5) is 0 Å². The number of amides is 1. The van der Waals surface area contributed by atoms with Crippen molar-refractivity contribution in [3.8, 4) is 0 Å². The van der Waals surface area contributed by atoms with E-state index in [-0.39, 0.29) is 18.6 Å². The molecule has 0 saturated heterocycles. The summed E-state index contributed by atoms with van der Waals surface area (Å²) < 4.78 is 0. The molecule has 1 aliphatic rings. The Morgan fingerprint density at radius 3 is 2.71 bits per heavy atom. The van der Waals surface area contributed by atoms with Crippen molar-refractivity contribution in [2.75, 3.05) is 12.4 Å². The lowest BCUT2D eigenvalue weighted by Gasteiger charge is -2.19. The van der Waals surface area contributed by atoms with Crippen LogP contribution in [0.15, 0.2) is 47.5 Å². The van der Waals surface area contributed by atoms with Crippen LogP contribution >= 0.6 is 11.8 Å². The topological polar surface area (TPSA) is 62.2 Å². The molecule has 1 aromatic carbocycles. The van der Waals surface area contributed by atoms with Crippen LogP contribution < -0.4 is 5.32 Å². The highest BCUT2D eigenvalue weighted by Gasteiger charge is 2.35. The Labute approximate surface area is 146 Å². The van der Waals surface area contributed by atoms with Gasteiger partial charge in [-0.3, -0.25) is 9.78 Å². The monoisotopic (exact) mass is 342 g/mol. The predicted octanol–water partition coefficient (Wildman–Crippen LogP) is 3.36. The van der Waals surface area contributed by atoms with Gasteiger partial charge >= 0.3 is 0 Å². The number of aliphatic hydroxyl groups excluding tert-OH is 1. The number of carbonyl (C=O) groups excluding carboxylic acids is 1. The summed E-state index contributed by atoms with van der Waals surface area (Å²) in [6.45, 7) is 2.19. The minimum atomic E-state index is -0.0596. The zero-order chi connectivity index (χ0) is 16.9. The lowest BCUT2D eigenvalue weighted by Crippen LogP contribution is -2.31. The molecule has 1 heterocycles. The molecule has 1 aromatic heterocycles. The van der Waals surface area contributed by atoms with Crippen molar-refractivity contribution < 1.29 is 9.90 Å². The van der Waals surface area contributed by atoms with E-state index in [0.717, 1.165) is 29.0 Å². The predicted molar refractivity (Wildman–Crippen MR) is 96.2 cm³/mol. The van der Waals surface area contributed by atoms with Gasteiger partial charge in [0.05, 0.1) is 18.3 Å². The molecular formula is C19H22N2O2S. The fourth-order valence-corrected chi connectivity index (χ4v) is 3.41. The van der Waals surface area contributed by atoms with Gasteiger partial charge in [-0.05, 0) is 61.6 Å². The Morgan fingerprint density at radius 2 is 2.08 bits per heavy atom. The Bertz CT molecular complexity index is 699. The number of hydrogen-bond acceptors (Lipinski definition) is 4. The molecule has 4 nitrogen and oxygen atoms in total. The number of hydrogen-bond donors (Lipinski definition) is 2. The van der Waals surface area contributed by atoms with E-state index < -0.39 is 0 Å². The van der Waals surface area contributed by atoms with E-state index >= 15 is 0 Å². The van der Waals surface area contributed by atoms with Gasteiger partial charge in [0.1, 0.15) is 0 Å². The zero-order valence-electron chi connectivity index (χ0n) is 13.7. The summed E-state index contributed by atoms with van der Waals surface area (Å²) >= 11 is 1.58. The minimum absolute atomic E-state index is 0.0119. The molecule has 0 bridgehead atoms. The van der Waals surface area contributed by atoms with Crippen LogP contribution in [-0.4, -0.2) is 28.4 Å². The van der Waals surface area contributed by atoms with Crippen LogP contribution in [0.2, 0.25) is 0 Å². The molecule has 1 atom stereocenters. The first kappa shape index (κ1) is 17.0. The van der Waals surface area contributed by atoms with Crippen molar-refractivity contribution in [3.05, 3.63) is 59.4 Å². The van der Waals surface area contributed by atoms with Crippen LogP contribution in [0.25, 0.3) is 0 Å². The first-order valence-corrected chi connectivity index (χ1v) is 9.23. The number of aliphatic hydroxyl groups is 1. The standard InChI is InChI=1S/C19H22N2O2S/c1-13-3-2-10-20-17(13)18(14-4-5-14)21-19(23)15-6-8-16(9-7-15)24-12-11-22/h2-3,6-10,14,18,22H,4-5,11-12H2,1H3,(H,21,23)/t18-/m1/s1. The van der Waals surface area contributed by atoms with Crippen molar-refractivity contribution in [1.82, 2.24) is 10.3 Å². The quantitative estimate of drug-likeness (QED) is 0.758. The molecule has 0 spiro atoms. The van der Waals surface area contributed by atoms with E-state index in [2.05, 4.69) is 10.3 Å². The number of pyridine rings is 1. The number of carbonyl (C=O) groups is 1. The van der Waals surface area contributed by atoms with Gasteiger partial charge in [-0.1, -0.05) is 6.07 Å². The van der Waals surface area contributed by atoms with E-state index in [4.69, 9.17) is 5.11 Å². The number of rotatable bonds is 7. The second-order valence-corrected chi connectivity index (χ2v) is 7.26. The smallest absolute Gasteiger partial charge is 0.251 e. The molecule has 1 fully saturated rings. The number of thioether (sulfide) groups is 1. The van der Waals surface area contributed by atoms with Gasteiger partial charge in [-0.25, -0.2) is 0 Å². The fraction of sp³-hybridized carbons (Fsp3) is 0.368. The first-order chi connectivity index (χ1) is 11.7. The summed E-state index contributed by atoms with van der Waals surface area (Å²) in [6.07, 6.45) is 4.06. The number of benzene rings is 1. The third kappa shape index (κ3) is 4.16. The maximum absolute atomic E-state index is 12.6. The van der Waals surface area contributed by atoms with E-state index in [0.29, 0.717) is 17.2 Å². The molecule has 3 rings (SSSR count). The van der Waals surface area contributed by atoms with Crippen molar-refractivity contribution >= 4 is 17.7 Å². The Morgan fingerprint density at radius 1 is 1.33 bits per heavy atom. The van der Waals surface area contributed by atoms with E-state index in [9.17, 15) is 4.79 Å². The third-order valence-electron chi connectivity index (χ3n) is 4.20. The van der Waals surface area contributed by atoms with Gasteiger partial charge in [-0.2, -0.15) is 0 Å². The summed E-state index contributed by atoms with van der Waals surface area (Å²) in [5.41, 5.74) is 2.75. The minimum Gasteiger partial charge on any atom is -0.396 e. The highest BCUT2D eigenvalue weighted by atomic mass is 32.2. The number of aryl methyl sites for hydroxylation is 1. The number of nitrogens with one attached hydrogen (secondary N) is 1. The molecule has 5 heteroatoms. The van der Waals surface area contributed by atoms with E-state index in [1.807, 2.05) is 43.3 Å². The zero-order valence-corrected chi connectivity index (χ0v) is 14.6. The Hall–Kier alpha value is -1.85. The van der Waals surface area contributed by atoms with Crippen LogP contribution in [-0.2, 0) is 0 Å². The normalized spacial score (nSPS) is 15.1. The molecule has 0 unspecified atom stereocenters. The Balaban J connectivity index is 1.71. The van der Waals surface area contributed by atoms with Gasteiger partial charge in [0.25, 0.3) is 5.91 Å². The van der Waals surface area contributed by atoms with Crippen LogP contribution in [0, 0.1) is 12.8 Å². The van der Waals surface area contributed by atoms with E-state index in [1.54, 1.807) is 18.0 Å². The molecule has 2 N–H and O–H groups in total. The largest absolute Gasteiger partial charge is 0.396 e. The third-order valence-corrected chi connectivity index (χ3v) is 5.19. The number of aromatic nitrogens is 1. The molecule has 0 aliphatic heterocycles. The lowest BCUT2D eigenvalue weighted by molar-refractivity contribution is 0.0930. The summed E-state index contributed by atoms with van der Waals surface area (Å²) in [5.74, 6) is 1.09. The first-order valence-electron chi connectivity index (χ1n) is 8.25. The van der Waals surface area contributed by atoms with Crippen molar-refractivity contribution in [3.63, 3.8) is 0 Å². The highest BCUT2D eigenvalue weighted by molar-refractivity contribution is 7.99. The lowest BCUT2D eigenvalue weighted by atomic mass is 10.0. The molecule has 1 saturated carbocycles. The maximum Gasteiger partial charge on any atom is 0.251 e. The Kier molecular flexibility index (Phi) is 5.53. The second-order valence-electron chi connectivity index (χ2n) is 6.09. The van der Waals surface area contributed by atoms with Crippen LogP contribution in [0.3, 0.4) is 0 Å². The molecular weight excluding hydrogens is 320 g/mol. The van der Waals surface area contributed by atoms with Crippen molar-refractivity contribution in [1.29, 1.82) is 0 Å². The summed E-state index contributed by atoms with van der Waals surface area (Å²) in [5, 5.41) is 12.0. The number of nitrogens with zero attached hydrogens (tertiary/aromatic N) is 1. The molecule has 0 radical (unpaired) electrons. The molecule has 1 aliphatic carbocycles. The van der Waals surface area contributed by atoms with Gasteiger partial charge in [0, 0.05) is 22.4 Å². The van der Waals surface area contributed by atoms with E-state index in [1.165, 1.54) is 0 Å². The van der Waals surface area contributed by atoms with Crippen LogP contribution in [0.1, 0.15) is 40.5 Å². The van der Waals surface area contributed by atoms with Gasteiger partial charge in [-0.15, -0.1) is 11.8 Å². The molecule has 1 amide bonds. The summed E-state index contributed by atoms with van der Waals surface area (Å²) in [7, 11) is 0. The second kappa shape index (κ2) is 7.81. The summed E-state index contributed by atoms with van der Waals surface area (Å²) in [4.78, 5) is 18.2. The SMILES string of the molecule is Cc1cccnc1[C@H](NC(=O)c1ccc(SCCO)cc1)C1CC1. The van der Waals surface area contributed by atoms with Gasteiger partial charge < -0.3 is 10.4 Å². The molecule has 2 aromatic rings. The summed E-state index contributed by atoms with van der Waals surface area (Å²) in [6, 6.07) is 11.5.